The smallest absolute Gasteiger partial charge is 0.119 e. The standard InChI is InChI=1S/C11H12N3O.Y/c1-8-6-10(14-13-8)7-15-11-4-2-9(12)3-5-11;/h2-6H,7,12H2,1H3;/q-1;. The van der Waals surface area contributed by atoms with Crippen LogP contribution in [0, 0.1) is 6.92 Å². The maximum Gasteiger partial charge on any atom is 0.119 e. The molecule has 0 bridgehead atoms. The molecule has 0 saturated carbocycles. The van der Waals surface area contributed by atoms with E-state index in [0.717, 1.165) is 22.8 Å². The van der Waals surface area contributed by atoms with E-state index in [1.807, 2.05) is 25.1 Å². The zero-order valence-electron chi connectivity index (χ0n) is 9.05. The summed E-state index contributed by atoms with van der Waals surface area (Å²) in [6.07, 6.45) is 0. The predicted octanol–water partition coefficient (Wildman–Crippen LogP) is 1.51. The number of hydrogen-bond donors (Lipinski definition) is 1. The van der Waals surface area contributed by atoms with Crippen LogP contribution in [0.2, 0.25) is 0 Å². The fourth-order valence-corrected chi connectivity index (χ4v) is 1.23. The van der Waals surface area contributed by atoms with Crippen molar-refractivity contribution in [2.45, 2.75) is 13.5 Å². The van der Waals surface area contributed by atoms with E-state index in [1.54, 1.807) is 12.1 Å². The first-order chi connectivity index (χ1) is 7.24. The van der Waals surface area contributed by atoms with Crippen LogP contribution in [0.15, 0.2) is 30.3 Å². The molecular formula is C11H12N3OY-. The van der Waals surface area contributed by atoms with Crippen LogP contribution in [0.25, 0.3) is 0 Å². The zero-order chi connectivity index (χ0) is 10.7. The van der Waals surface area contributed by atoms with Crippen LogP contribution < -0.4 is 15.6 Å². The molecule has 1 aromatic heterocycles. The molecule has 0 aliphatic rings. The molecule has 4 nitrogen and oxygen atoms in total. The second-order valence-corrected chi connectivity index (χ2v) is 3.33. The van der Waals surface area contributed by atoms with Crippen LogP contribution in [0.1, 0.15) is 11.4 Å². The summed E-state index contributed by atoms with van der Waals surface area (Å²) in [6.45, 7) is 2.34. The molecule has 0 spiro atoms. The number of nitrogen functional groups attached to an aromatic ring is 1. The third-order valence-electron chi connectivity index (χ3n) is 1.98. The van der Waals surface area contributed by atoms with Crippen LogP contribution in [0.4, 0.5) is 5.69 Å². The van der Waals surface area contributed by atoms with Crippen molar-refractivity contribution in [2.75, 3.05) is 5.73 Å². The fraction of sp³-hybridized carbons (Fsp3) is 0.182. The Balaban J connectivity index is 0.00000128. The molecule has 0 unspecified atom stereocenters. The van der Waals surface area contributed by atoms with Gasteiger partial charge in [-0.25, -0.2) is 0 Å². The molecule has 16 heavy (non-hydrogen) atoms. The van der Waals surface area contributed by atoms with Gasteiger partial charge >= 0.3 is 0 Å². The summed E-state index contributed by atoms with van der Waals surface area (Å²) in [5, 5.41) is 7.84. The average Bonchev–Trinajstić information content (AvgIpc) is 2.64. The van der Waals surface area contributed by atoms with Gasteiger partial charge in [-0.1, -0.05) is 6.07 Å². The predicted molar refractivity (Wildman–Crippen MR) is 57.5 cm³/mol. The number of hydrogen-bond acceptors (Lipinski definition) is 3. The Kier molecular flexibility index (Phi) is 4.96. The maximum absolute atomic E-state index is 5.56. The van der Waals surface area contributed by atoms with Crippen molar-refractivity contribution in [3.63, 3.8) is 0 Å². The quantitative estimate of drug-likeness (QED) is 0.871. The minimum atomic E-state index is 0. The van der Waals surface area contributed by atoms with Gasteiger partial charge in [-0.3, -0.25) is 0 Å². The molecule has 2 aromatic rings. The van der Waals surface area contributed by atoms with E-state index in [2.05, 4.69) is 10.2 Å². The average molecular weight is 291 g/mol. The number of nitrogens with two attached hydrogens (primary N) is 1. The van der Waals surface area contributed by atoms with E-state index in [0.29, 0.717) is 6.61 Å². The van der Waals surface area contributed by atoms with Crippen LogP contribution in [-0.4, -0.2) is 5.10 Å². The minimum absolute atomic E-state index is 0. The normalized spacial score (nSPS) is 9.56. The van der Waals surface area contributed by atoms with Gasteiger partial charge in [0.25, 0.3) is 0 Å². The Morgan fingerprint density at radius 3 is 2.56 bits per heavy atom. The second-order valence-electron chi connectivity index (χ2n) is 3.33. The van der Waals surface area contributed by atoms with E-state index in [9.17, 15) is 0 Å². The molecule has 2 rings (SSSR count). The van der Waals surface area contributed by atoms with Crippen molar-refractivity contribution < 1.29 is 37.4 Å². The number of aryl methyl sites for hydroxylation is 1. The SMILES string of the molecule is Cc1cc(COc2ccc(N)cc2)[n-]n1.[Y]. The topological polar surface area (TPSA) is 62.2 Å². The van der Waals surface area contributed by atoms with Gasteiger partial charge in [-0.15, -0.1) is 5.69 Å². The monoisotopic (exact) mass is 291 g/mol. The number of anilines is 1. The van der Waals surface area contributed by atoms with Crippen molar-refractivity contribution in [3.8, 4) is 5.75 Å². The van der Waals surface area contributed by atoms with Gasteiger partial charge < -0.3 is 20.7 Å². The van der Waals surface area contributed by atoms with Crippen molar-refractivity contribution in [1.29, 1.82) is 0 Å². The zero-order valence-corrected chi connectivity index (χ0v) is 11.9. The van der Waals surface area contributed by atoms with Crippen LogP contribution in [0.5, 0.6) is 5.75 Å². The van der Waals surface area contributed by atoms with Gasteiger partial charge in [-0.2, -0.15) is 0 Å². The largest absolute Gasteiger partial charge is 0.576 e. The summed E-state index contributed by atoms with van der Waals surface area (Å²) < 4.78 is 5.50. The van der Waals surface area contributed by atoms with Crippen molar-refractivity contribution in [2.24, 2.45) is 0 Å². The minimum Gasteiger partial charge on any atom is -0.576 e. The van der Waals surface area contributed by atoms with Gasteiger partial charge in [0, 0.05) is 44.1 Å². The van der Waals surface area contributed by atoms with E-state index in [4.69, 9.17) is 10.5 Å². The molecule has 2 N–H and O–H groups in total. The van der Waals surface area contributed by atoms with Gasteiger partial charge in [0.2, 0.25) is 0 Å². The summed E-state index contributed by atoms with van der Waals surface area (Å²) in [5.41, 5.74) is 8.03. The van der Waals surface area contributed by atoms with Gasteiger partial charge in [0.1, 0.15) is 5.75 Å². The molecule has 0 fully saturated rings. The van der Waals surface area contributed by atoms with Gasteiger partial charge in [-0.05, 0) is 31.2 Å². The number of nitrogens with zero attached hydrogens (tertiary/aromatic N) is 2. The number of ether oxygens (including phenoxy) is 1. The summed E-state index contributed by atoms with van der Waals surface area (Å²) >= 11 is 0. The summed E-state index contributed by atoms with van der Waals surface area (Å²) in [5.74, 6) is 0.782. The first kappa shape index (κ1) is 13.2. The molecule has 0 amide bonds. The number of aromatic nitrogens is 2. The Morgan fingerprint density at radius 1 is 1.31 bits per heavy atom. The van der Waals surface area contributed by atoms with Crippen LogP contribution in [-0.2, 0) is 39.3 Å². The van der Waals surface area contributed by atoms with E-state index in [1.165, 1.54) is 0 Å². The van der Waals surface area contributed by atoms with Crippen molar-refractivity contribution in [3.05, 3.63) is 41.7 Å². The van der Waals surface area contributed by atoms with Gasteiger partial charge in [0.05, 0.1) is 6.61 Å². The van der Waals surface area contributed by atoms with E-state index < -0.39 is 0 Å². The Labute approximate surface area is 119 Å². The molecule has 0 aliphatic carbocycles. The molecule has 1 heterocycles. The van der Waals surface area contributed by atoms with Crippen molar-refractivity contribution in [1.82, 2.24) is 10.2 Å². The molecular weight excluding hydrogens is 279 g/mol. The molecule has 0 atom stereocenters. The molecule has 1 aromatic carbocycles. The van der Waals surface area contributed by atoms with Crippen LogP contribution in [0.3, 0.4) is 0 Å². The molecule has 1 radical (unpaired) electrons. The Morgan fingerprint density at radius 2 is 2.00 bits per heavy atom. The summed E-state index contributed by atoms with van der Waals surface area (Å²) in [7, 11) is 0. The Hall–Kier alpha value is -0.866. The number of rotatable bonds is 3. The van der Waals surface area contributed by atoms with E-state index >= 15 is 0 Å². The molecule has 5 heteroatoms. The molecule has 81 valence electrons. The maximum atomic E-state index is 5.56. The van der Waals surface area contributed by atoms with Crippen molar-refractivity contribution >= 4 is 5.69 Å². The van der Waals surface area contributed by atoms with E-state index in [-0.39, 0.29) is 32.7 Å². The summed E-state index contributed by atoms with van der Waals surface area (Å²) in [6, 6.07) is 9.17. The Bertz CT molecular complexity index is 439. The number of benzene rings is 1. The fourth-order valence-electron chi connectivity index (χ4n) is 1.23. The van der Waals surface area contributed by atoms with Gasteiger partial charge in [0.15, 0.2) is 0 Å². The second kappa shape index (κ2) is 6.01. The third-order valence-corrected chi connectivity index (χ3v) is 1.98. The van der Waals surface area contributed by atoms with Crippen LogP contribution >= 0.6 is 0 Å². The molecule has 0 aliphatic heterocycles. The third kappa shape index (κ3) is 3.61. The first-order valence-corrected chi connectivity index (χ1v) is 4.68. The summed E-state index contributed by atoms with van der Waals surface area (Å²) in [4.78, 5) is 0. The molecule has 0 saturated heterocycles. The first-order valence-electron chi connectivity index (χ1n) is 4.68.